The molecular weight excluding hydrogens is 230 g/mol. The molecule has 1 aromatic rings. The van der Waals surface area contributed by atoms with E-state index in [2.05, 4.69) is 14.9 Å². The maximum Gasteiger partial charge on any atom is 0.225 e. The summed E-state index contributed by atoms with van der Waals surface area (Å²) in [7, 11) is 0. The van der Waals surface area contributed by atoms with E-state index in [1.54, 1.807) is 6.20 Å². The molecule has 5 nitrogen and oxygen atoms in total. The van der Waals surface area contributed by atoms with Crippen molar-refractivity contribution in [1.29, 1.82) is 0 Å². The number of anilines is 1. The zero-order chi connectivity index (χ0) is 13.0. The highest BCUT2D eigenvalue weighted by molar-refractivity contribution is 5.35. The van der Waals surface area contributed by atoms with E-state index in [0.29, 0.717) is 6.04 Å². The fraction of sp³-hybridized carbons (Fsp3) is 0.692. The Morgan fingerprint density at radius 1 is 1.39 bits per heavy atom. The van der Waals surface area contributed by atoms with Gasteiger partial charge in [-0.15, -0.1) is 0 Å². The third-order valence-corrected chi connectivity index (χ3v) is 3.57. The number of aryl methyl sites for hydroxylation is 1. The summed E-state index contributed by atoms with van der Waals surface area (Å²) in [5.41, 5.74) is 1.60. The molecule has 1 aliphatic carbocycles. The predicted molar refractivity (Wildman–Crippen MR) is 69.4 cm³/mol. The molecule has 0 spiro atoms. The minimum atomic E-state index is -0.0216. The third kappa shape index (κ3) is 2.79. The van der Waals surface area contributed by atoms with Gasteiger partial charge in [-0.2, -0.15) is 0 Å². The number of rotatable bonds is 6. The molecule has 1 heterocycles. The second kappa shape index (κ2) is 6.11. The Hall–Kier alpha value is -1.20. The van der Waals surface area contributed by atoms with E-state index in [1.165, 1.54) is 19.3 Å². The molecule has 18 heavy (non-hydrogen) atoms. The topological polar surface area (TPSA) is 69.5 Å². The molecule has 1 fully saturated rings. The first-order valence-electron chi connectivity index (χ1n) is 6.57. The van der Waals surface area contributed by atoms with Gasteiger partial charge in [0, 0.05) is 36.6 Å². The van der Waals surface area contributed by atoms with Gasteiger partial charge in [-0.05, 0) is 32.6 Å². The fourth-order valence-electron chi connectivity index (χ4n) is 2.16. The van der Waals surface area contributed by atoms with Crippen LogP contribution in [-0.4, -0.2) is 39.4 Å². The van der Waals surface area contributed by atoms with E-state index >= 15 is 0 Å². The van der Waals surface area contributed by atoms with E-state index < -0.39 is 0 Å². The molecule has 2 rings (SSSR count). The predicted octanol–water partition coefficient (Wildman–Crippen LogP) is 1.02. The van der Waals surface area contributed by atoms with Gasteiger partial charge in [0.05, 0.1) is 6.61 Å². The summed E-state index contributed by atoms with van der Waals surface area (Å²) >= 11 is 0. The van der Waals surface area contributed by atoms with Gasteiger partial charge in [-0.25, -0.2) is 9.97 Å². The summed E-state index contributed by atoms with van der Waals surface area (Å²) < 4.78 is 0. The van der Waals surface area contributed by atoms with Gasteiger partial charge in [0.2, 0.25) is 5.95 Å². The second-order valence-corrected chi connectivity index (χ2v) is 4.79. The van der Waals surface area contributed by atoms with Crippen LogP contribution in [0.25, 0.3) is 0 Å². The molecule has 0 bridgehead atoms. The van der Waals surface area contributed by atoms with Gasteiger partial charge < -0.3 is 15.1 Å². The summed E-state index contributed by atoms with van der Waals surface area (Å²) in [6.45, 7) is 2.85. The molecule has 0 amide bonds. The maximum absolute atomic E-state index is 9.13. The lowest BCUT2D eigenvalue weighted by Crippen LogP contribution is -2.42. The van der Waals surface area contributed by atoms with Crippen LogP contribution >= 0.6 is 0 Å². The van der Waals surface area contributed by atoms with Crippen LogP contribution in [0.4, 0.5) is 5.95 Å². The van der Waals surface area contributed by atoms with Crippen molar-refractivity contribution in [2.75, 3.05) is 18.1 Å². The minimum absolute atomic E-state index is 0.0216. The van der Waals surface area contributed by atoms with Gasteiger partial charge in [0.25, 0.3) is 0 Å². The molecule has 0 atom stereocenters. The van der Waals surface area contributed by atoms with Crippen LogP contribution in [0.15, 0.2) is 6.20 Å². The number of hydrogen-bond acceptors (Lipinski definition) is 5. The molecule has 5 heteroatoms. The highest BCUT2D eigenvalue weighted by Crippen LogP contribution is 2.28. The summed E-state index contributed by atoms with van der Waals surface area (Å²) in [5, 5.41) is 18.1. The Kier molecular flexibility index (Phi) is 4.49. The van der Waals surface area contributed by atoms with Crippen LogP contribution in [0.2, 0.25) is 0 Å². The zero-order valence-corrected chi connectivity index (χ0v) is 10.8. The Balaban J connectivity index is 2.15. The van der Waals surface area contributed by atoms with E-state index in [1.807, 2.05) is 6.92 Å². The number of aliphatic hydroxyl groups excluding tert-OH is 2. The molecule has 0 saturated heterocycles. The average Bonchev–Trinajstić information content (AvgIpc) is 2.32. The normalized spacial score (nSPS) is 15.5. The van der Waals surface area contributed by atoms with E-state index in [4.69, 9.17) is 10.2 Å². The van der Waals surface area contributed by atoms with Crippen molar-refractivity contribution in [1.82, 2.24) is 9.97 Å². The van der Waals surface area contributed by atoms with E-state index in [9.17, 15) is 0 Å². The molecule has 0 unspecified atom stereocenters. The van der Waals surface area contributed by atoms with Crippen molar-refractivity contribution in [2.24, 2.45) is 0 Å². The smallest absolute Gasteiger partial charge is 0.225 e. The Labute approximate surface area is 107 Å². The highest BCUT2D eigenvalue weighted by Gasteiger charge is 2.26. The lowest BCUT2D eigenvalue weighted by Gasteiger charge is -2.37. The second-order valence-electron chi connectivity index (χ2n) is 4.79. The van der Waals surface area contributed by atoms with Crippen molar-refractivity contribution >= 4 is 5.95 Å². The molecule has 1 aromatic heterocycles. The zero-order valence-electron chi connectivity index (χ0n) is 10.8. The molecule has 0 radical (unpaired) electrons. The van der Waals surface area contributed by atoms with Gasteiger partial charge in [-0.3, -0.25) is 0 Å². The molecule has 0 aliphatic heterocycles. The molecular formula is C13H21N3O2. The van der Waals surface area contributed by atoms with Crippen LogP contribution in [-0.2, 0) is 6.61 Å². The molecule has 2 N–H and O–H groups in total. The van der Waals surface area contributed by atoms with Crippen molar-refractivity contribution < 1.29 is 10.2 Å². The third-order valence-electron chi connectivity index (χ3n) is 3.57. The van der Waals surface area contributed by atoms with Gasteiger partial charge in [-0.1, -0.05) is 0 Å². The highest BCUT2D eigenvalue weighted by atomic mass is 16.3. The quantitative estimate of drug-likeness (QED) is 0.790. The van der Waals surface area contributed by atoms with Crippen molar-refractivity contribution in [3.05, 3.63) is 17.5 Å². The van der Waals surface area contributed by atoms with Crippen LogP contribution in [0.5, 0.6) is 0 Å². The molecule has 100 valence electrons. The molecule has 0 aromatic carbocycles. The first kappa shape index (κ1) is 13.2. The lowest BCUT2D eigenvalue weighted by atomic mass is 9.91. The Morgan fingerprint density at radius 3 is 2.67 bits per heavy atom. The van der Waals surface area contributed by atoms with Crippen LogP contribution in [0.3, 0.4) is 0 Å². The number of aromatic nitrogens is 2. The number of nitrogens with zero attached hydrogens (tertiary/aromatic N) is 3. The summed E-state index contributed by atoms with van der Waals surface area (Å²) in [6.07, 6.45) is 6.04. The first-order chi connectivity index (χ1) is 8.76. The fourth-order valence-corrected chi connectivity index (χ4v) is 2.16. The maximum atomic E-state index is 9.13. The Bertz CT molecular complexity index is 394. The molecule has 1 saturated carbocycles. The largest absolute Gasteiger partial charge is 0.396 e. The van der Waals surface area contributed by atoms with Gasteiger partial charge in [0.1, 0.15) is 0 Å². The number of aliphatic hydroxyl groups is 2. The van der Waals surface area contributed by atoms with Crippen LogP contribution in [0, 0.1) is 6.92 Å². The Morgan fingerprint density at radius 2 is 2.17 bits per heavy atom. The van der Waals surface area contributed by atoms with Crippen molar-refractivity contribution in [3.8, 4) is 0 Å². The SMILES string of the molecule is Cc1nc(N(CCCO)C2CCC2)ncc1CO. The van der Waals surface area contributed by atoms with Crippen LogP contribution in [0.1, 0.15) is 36.9 Å². The van der Waals surface area contributed by atoms with Crippen molar-refractivity contribution in [2.45, 2.75) is 45.3 Å². The summed E-state index contributed by atoms with van der Waals surface area (Å²) in [6, 6.07) is 0.510. The monoisotopic (exact) mass is 251 g/mol. The van der Waals surface area contributed by atoms with Gasteiger partial charge in [0.15, 0.2) is 0 Å². The molecule has 1 aliphatic rings. The number of hydrogen-bond donors (Lipinski definition) is 2. The lowest BCUT2D eigenvalue weighted by molar-refractivity contribution is 0.279. The van der Waals surface area contributed by atoms with E-state index in [-0.39, 0.29) is 13.2 Å². The standard InChI is InChI=1S/C13H21N3O2/c1-10-11(9-18)8-14-13(15-10)16(6-3-7-17)12-4-2-5-12/h8,12,17-18H,2-7,9H2,1H3. The van der Waals surface area contributed by atoms with E-state index in [0.717, 1.165) is 30.2 Å². The first-order valence-corrected chi connectivity index (χ1v) is 6.57. The summed E-state index contributed by atoms with van der Waals surface area (Å²) in [4.78, 5) is 11.0. The minimum Gasteiger partial charge on any atom is -0.396 e. The average molecular weight is 251 g/mol. The van der Waals surface area contributed by atoms with Crippen molar-refractivity contribution in [3.63, 3.8) is 0 Å². The van der Waals surface area contributed by atoms with Crippen LogP contribution < -0.4 is 4.90 Å². The summed E-state index contributed by atoms with van der Waals surface area (Å²) in [5.74, 6) is 0.725. The van der Waals surface area contributed by atoms with Gasteiger partial charge >= 0.3 is 0 Å².